The van der Waals surface area contributed by atoms with Gasteiger partial charge in [0.05, 0.1) is 12.2 Å². The van der Waals surface area contributed by atoms with Gasteiger partial charge in [0.25, 0.3) is 0 Å². The van der Waals surface area contributed by atoms with Gasteiger partial charge < -0.3 is 14.8 Å². The van der Waals surface area contributed by atoms with Gasteiger partial charge in [-0.1, -0.05) is 12.1 Å². The van der Waals surface area contributed by atoms with Crippen molar-refractivity contribution in [2.24, 2.45) is 0 Å². The summed E-state index contributed by atoms with van der Waals surface area (Å²) in [5.74, 6) is 0.657. The van der Waals surface area contributed by atoms with Crippen molar-refractivity contribution in [1.82, 2.24) is 0 Å². The standard InChI is InChI=1S/C9H10O2.BH2O2/c1-2-11-9-6-4-3-5-8(9)7-10;2-1-3/h3-7H,2H2,1H3;2-3H. The highest BCUT2D eigenvalue weighted by Crippen LogP contribution is 2.14. The van der Waals surface area contributed by atoms with Crippen LogP contribution in [0.4, 0.5) is 0 Å². The van der Waals surface area contributed by atoms with E-state index in [2.05, 4.69) is 0 Å². The predicted molar refractivity (Wildman–Crippen MR) is 53.2 cm³/mol. The number of carbonyl (C=O) groups is 1. The van der Waals surface area contributed by atoms with Crippen LogP contribution >= 0.6 is 0 Å². The van der Waals surface area contributed by atoms with Crippen LogP contribution in [-0.4, -0.2) is 30.6 Å². The van der Waals surface area contributed by atoms with Crippen molar-refractivity contribution in [2.45, 2.75) is 6.92 Å². The van der Waals surface area contributed by atoms with Crippen LogP contribution in [0.25, 0.3) is 0 Å². The predicted octanol–water partition coefficient (Wildman–Crippen LogP) is 0.403. The number of rotatable bonds is 3. The zero-order chi connectivity index (χ0) is 10.8. The monoisotopic (exact) mass is 195 g/mol. The Balaban J connectivity index is 0.000000500. The van der Waals surface area contributed by atoms with Gasteiger partial charge in [-0.3, -0.25) is 4.79 Å². The van der Waals surface area contributed by atoms with Gasteiger partial charge in [0.15, 0.2) is 6.29 Å². The molecule has 1 radical (unpaired) electrons. The first-order valence-corrected chi connectivity index (χ1v) is 4.07. The molecule has 0 spiro atoms. The number of carbonyl (C=O) groups excluding carboxylic acids is 1. The van der Waals surface area contributed by atoms with Crippen LogP contribution < -0.4 is 4.74 Å². The molecule has 0 unspecified atom stereocenters. The quantitative estimate of drug-likeness (QED) is 0.541. The van der Waals surface area contributed by atoms with Crippen LogP contribution in [0, 0.1) is 0 Å². The summed E-state index contributed by atoms with van der Waals surface area (Å²) in [5.41, 5.74) is 0.606. The van der Waals surface area contributed by atoms with Crippen molar-refractivity contribution in [3.8, 4) is 5.75 Å². The number of para-hydroxylation sites is 1. The molecule has 1 rings (SSSR count). The number of ether oxygens (including phenoxy) is 1. The minimum atomic E-state index is 0. The van der Waals surface area contributed by atoms with Crippen LogP contribution in [0.2, 0.25) is 0 Å². The highest BCUT2D eigenvalue weighted by Gasteiger charge is 1.97. The molecule has 1 aromatic carbocycles. The molecule has 0 saturated heterocycles. The minimum absolute atomic E-state index is 0. The fourth-order valence-electron chi connectivity index (χ4n) is 0.865. The third-order valence-electron chi connectivity index (χ3n) is 1.35. The Bertz CT molecular complexity index is 265. The Hall–Kier alpha value is -1.33. The van der Waals surface area contributed by atoms with Crippen LogP contribution in [0.15, 0.2) is 24.3 Å². The van der Waals surface area contributed by atoms with E-state index in [0.717, 1.165) is 6.29 Å². The molecule has 0 fully saturated rings. The molecule has 0 atom stereocenters. The summed E-state index contributed by atoms with van der Waals surface area (Å²) in [6.45, 7) is 2.48. The lowest BCUT2D eigenvalue weighted by Gasteiger charge is -2.03. The molecular formula is C9H12BO4. The second-order valence-electron chi connectivity index (χ2n) is 2.20. The molecule has 2 N–H and O–H groups in total. The summed E-state index contributed by atoms with van der Waals surface area (Å²) in [6.07, 6.45) is 0.797. The first-order chi connectivity index (χ1) is 6.79. The Morgan fingerprint density at radius 2 is 2.00 bits per heavy atom. The number of benzene rings is 1. The smallest absolute Gasteiger partial charge is 0.482 e. The maximum Gasteiger partial charge on any atom is 0.482 e. The van der Waals surface area contributed by atoms with E-state index < -0.39 is 0 Å². The van der Waals surface area contributed by atoms with Gasteiger partial charge in [-0.15, -0.1) is 0 Å². The summed E-state index contributed by atoms with van der Waals surface area (Å²) in [6, 6.07) is 7.18. The maximum absolute atomic E-state index is 10.4. The van der Waals surface area contributed by atoms with E-state index in [0.29, 0.717) is 17.9 Å². The van der Waals surface area contributed by atoms with Crippen LogP contribution in [0.1, 0.15) is 17.3 Å². The molecule has 0 heterocycles. The van der Waals surface area contributed by atoms with Gasteiger partial charge in [-0.25, -0.2) is 0 Å². The number of aldehydes is 1. The fraction of sp³-hybridized carbons (Fsp3) is 0.222. The van der Waals surface area contributed by atoms with Crippen molar-refractivity contribution in [2.75, 3.05) is 6.61 Å². The Kier molecular flexibility index (Phi) is 7.50. The lowest BCUT2D eigenvalue weighted by molar-refractivity contribution is 0.112. The molecule has 75 valence electrons. The average Bonchev–Trinajstić information content (AvgIpc) is 2.20. The third-order valence-corrected chi connectivity index (χ3v) is 1.35. The highest BCUT2D eigenvalue weighted by molar-refractivity contribution is 6.13. The van der Waals surface area contributed by atoms with Gasteiger partial charge >= 0.3 is 7.69 Å². The first kappa shape index (κ1) is 12.7. The second kappa shape index (κ2) is 8.28. The summed E-state index contributed by atoms with van der Waals surface area (Å²) >= 11 is 0. The largest absolute Gasteiger partial charge is 0.493 e. The zero-order valence-corrected chi connectivity index (χ0v) is 7.88. The molecule has 0 aliphatic rings. The summed E-state index contributed by atoms with van der Waals surface area (Å²) in [7, 11) is 0. The average molecular weight is 195 g/mol. The van der Waals surface area contributed by atoms with Crippen molar-refractivity contribution in [3.05, 3.63) is 29.8 Å². The fourth-order valence-corrected chi connectivity index (χ4v) is 0.865. The molecule has 0 aliphatic heterocycles. The van der Waals surface area contributed by atoms with Gasteiger partial charge in [0.1, 0.15) is 5.75 Å². The van der Waals surface area contributed by atoms with Crippen molar-refractivity contribution in [1.29, 1.82) is 0 Å². The molecule has 14 heavy (non-hydrogen) atoms. The molecular weight excluding hydrogens is 183 g/mol. The molecule has 0 amide bonds. The summed E-state index contributed by atoms with van der Waals surface area (Å²) < 4.78 is 5.20. The highest BCUT2D eigenvalue weighted by atomic mass is 16.5. The number of hydrogen-bond acceptors (Lipinski definition) is 4. The number of hydrogen-bond donors (Lipinski definition) is 2. The van der Waals surface area contributed by atoms with Gasteiger partial charge in [0.2, 0.25) is 0 Å². The lowest BCUT2D eigenvalue weighted by atomic mass is 10.2. The third kappa shape index (κ3) is 4.64. The Morgan fingerprint density at radius 3 is 2.50 bits per heavy atom. The molecule has 0 aliphatic carbocycles. The van der Waals surface area contributed by atoms with E-state index in [1.54, 1.807) is 12.1 Å². The normalized spacial score (nSPS) is 8.21. The molecule has 0 bridgehead atoms. The van der Waals surface area contributed by atoms with Crippen molar-refractivity contribution >= 4 is 14.0 Å². The van der Waals surface area contributed by atoms with E-state index in [4.69, 9.17) is 14.8 Å². The van der Waals surface area contributed by atoms with Crippen molar-refractivity contribution < 1.29 is 19.6 Å². The van der Waals surface area contributed by atoms with Crippen LogP contribution in [0.3, 0.4) is 0 Å². The van der Waals surface area contributed by atoms with Gasteiger partial charge in [0, 0.05) is 0 Å². The molecule has 0 saturated carbocycles. The molecule has 5 heteroatoms. The van der Waals surface area contributed by atoms with Gasteiger partial charge in [-0.2, -0.15) is 0 Å². The SMILES string of the molecule is CCOc1ccccc1C=O.O[B]O. The topological polar surface area (TPSA) is 66.8 Å². The van der Waals surface area contributed by atoms with E-state index in [1.165, 1.54) is 0 Å². The van der Waals surface area contributed by atoms with E-state index >= 15 is 0 Å². The Morgan fingerprint density at radius 1 is 1.43 bits per heavy atom. The van der Waals surface area contributed by atoms with Crippen molar-refractivity contribution in [3.63, 3.8) is 0 Å². The molecule has 0 aromatic heterocycles. The minimum Gasteiger partial charge on any atom is -0.493 e. The Labute approximate surface area is 83.5 Å². The second-order valence-corrected chi connectivity index (χ2v) is 2.20. The molecule has 1 aromatic rings. The van der Waals surface area contributed by atoms with E-state index in [1.807, 2.05) is 19.1 Å². The molecule has 4 nitrogen and oxygen atoms in total. The lowest BCUT2D eigenvalue weighted by Crippen LogP contribution is -1.94. The zero-order valence-electron chi connectivity index (χ0n) is 7.88. The first-order valence-electron chi connectivity index (χ1n) is 4.07. The maximum atomic E-state index is 10.4. The van der Waals surface area contributed by atoms with Gasteiger partial charge in [-0.05, 0) is 19.1 Å². The van der Waals surface area contributed by atoms with Crippen LogP contribution in [-0.2, 0) is 0 Å². The van der Waals surface area contributed by atoms with E-state index in [-0.39, 0.29) is 7.69 Å². The summed E-state index contributed by atoms with van der Waals surface area (Å²) in [4.78, 5) is 10.4. The summed E-state index contributed by atoms with van der Waals surface area (Å²) in [5, 5.41) is 14.0. The van der Waals surface area contributed by atoms with E-state index in [9.17, 15) is 4.79 Å². The van der Waals surface area contributed by atoms with Crippen LogP contribution in [0.5, 0.6) is 5.75 Å².